The van der Waals surface area contributed by atoms with Crippen LogP contribution in [0.5, 0.6) is 0 Å². The van der Waals surface area contributed by atoms with Gasteiger partial charge < -0.3 is 11.1 Å². The topological polar surface area (TPSA) is 38.0 Å². The molecule has 1 aromatic carbocycles. The SMILES string of the molecule is NC(CCCNCc1sccc1Br)c1ccccc1. The molecule has 0 spiro atoms. The third-order valence-electron chi connectivity index (χ3n) is 3.07. The molecule has 102 valence electrons. The van der Waals surface area contributed by atoms with Crippen molar-refractivity contribution < 1.29 is 0 Å². The molecule has 0 amide bonds. The average Bonchev–Trinajstić information content (AvgIpc) is 2.85. The van der Waals surface area contributed by atoms with E-state index in [4.69, 9.17) is 5.73 Å². The van der Waals surface area contributed by atoms with Crippen LogP contribution in [0.15, 0.2) is 46.3 Å². The average molecular weight is 339 g/mol. The van der Waals surface area contributed by atoms with Gasteiger partial charge in [-0.15, -0.1) is 11.3 Å². The Labute approximate surface area is 127 Å². The number of thiophene rings is 1. The van der Waals surface area contributed by atoms with Crippen LogP contribution in [0.1, 0.15) is 29.3 Å². The summed E-state index contributed by atoms with van der Waals surface area (Å²) in [6, 6.07) is 12.5. The van der Waals surface area contributed by atoms with Crippen molar-refractivity contribution in [2.45, 2.75) is 25.4 Å². The first-order chi connectivity index (χ1) is 9.27. The molecule has 0 bridgehead atoms. The predicted octanol–water partition coefficient (Wildman–Crippen LogP) is 4.08. The first kappa shape index (κ1) is 14.7. The van der Waals surface area contributed by atoms with Gasteiger partial charge in [-0.3, -0.25) is 0 Å². The van der Waals surface area contributed by atoms with Crippen LogP contribution in [0, 0.1) is 0 Å². The quantitative estimate of drug-likeness (QED) is 0.746. The first-order valence-corrected chi connectivity index (χ1v) is 8.18. The Hall–Kier alpha value is -0.680. The molecular weight excluding hydrogens is 320 g/mol. The van der Waals surface area contributed by atoms with E-state index in [0.717, 1.165) is 25.9 Å². The number of benzene rings is 1. The van der Waals surface area contributed by atoms with Crippen LogP contribution in [0.25, 0.3) is 0 Å². The van der Waals surface area contributed by atoms with Crippen LogP contribution in [-0.2, 0) is 6.54 Å². The van der Waals surface area contributed by atoms with Crippen molar-refractivity contribution in [2.24, 2.45) is 5.73 Å². The summed E-state index contributed by atoms with van der Waals surface area (Å²) in [6.07, 6.45) is 2.11. The van der Waals surface area contributed by atoms with Gasteiger partial charge in [-0.2, -0.15) is 0 Å². The van der Waals surface area contributed by atoms with Gasteiger partial charge in [0.2, 0.25) is 0 Å². The Bertz CT molecular complexity index is 484. The highest BCUT2D eigenvalue weighted by molar-refractivity contribution is 9.10. The molecule has 0 saturated heterocycles. The van der Waals surface area contributed by atoms with Crippen LogP contribution in [0.4, 0.5) is 0 Å². The Balaban J connectivity index is 1.63. The maximum atomic E-state index is 6.16. The van der Waals surface area contributed by atoms with Crippen molar-refractivity contribution in [1.82, 2.24) is 5.32 Å². The smallest absolute Gasteiger partial charge is 0.0327 e. The minimum absolute atomic E-state index is 0.150. The Morgan fingerprint density at radius 3 is 2.68 bits per heavy atom. The summed E-state index contributed by atoms with van der Waals surface area (Å²) in [4.78, 5) is 1.35. The lowest BCUT2D eigenvalue weighted by Gasteiger charge is -2.12. The molecule has 0 aliphatic carbocycles. The number of rotatable bonds is 7. The zero-order valence-electron chi connectivity index (χ0n) is 10.8. The van der Waals surface area contributed by atoms with E-state index in [2.05, 4.69) is 44.8 Å². The fraction of sp³-hybridized carbons (Fsp3) is 0.333. The van der Waals surface area contributed by atoms with Crippen LogP contribution >= 0.6 is 27.3 Å². The van der Waals surface area contributed by atoms with Gasteiger partial charge in [0.15, 0.2) is 0 Å². The summed E-state index contributed by atoms with van der Waals surface area (Å²) in [7, 11) is 0. The van der Waals surface area contributed by atoms with Gasteiger partial charge in [-0.05, 0) is 52.3 Å². The van der Waals surface area contributed by atoms with Crippen molar-refractivity contribution in [3.63, 3.8) is 0 Å². The van der Waals surface area contributed by atoms with Gasteiger partial charge in [0.25, 0.3) is 0 Å². The summed E-state index contributed by atoms with van der Waals surface area (Å²) >= 11 is 5.32. The van der Waals surface area contributed by atoms with Crippen molar-refractivity contribution in [2.75, 3.05) is 6.54 Å². The van der Waals surface area contributed by atoms with Gasteiger partial charge in [-0.25, -0.2) is 0 Å². The highest BCUT2D eigenvalue weighted by Gasteiger charge is 2.05. The summed E-state index contributed by atoms with van der Waals surface area (Å²) in [5.41, 5.74) is 7.39. The highest BCUT2D eigenvalue weighted by atomic mass is 79.9. The zero-order valence-corrected chi connectivity index (χ0v) is 13.2. The van der Waals surface area contributed by atoms with E-state index in [1.165, 1.54) is 14.9 Å². The van der Waals surface area contributed by atoms with E-state index in [1.807, 2.05) is 18.2 Å². The normalized spacial score (nSPS) is 12.5. The molecule has 3 N–H and O–H groups in total. The molecule has 0 aliphatic rings. The number of halogens is 1. The van der Waals surface area contributed by atoms with Gasteiger partial charge >= 0.3 is 0 Å². The van der Waals surface area contributed by atoms with Crippen molar-refractivity contribution in [1.29, 1.82) is 0 Å². The summed E-state index contributed by atoms with van der Waals surface area (Å²) < 4.78 is 1.20. The van der Waals surface area contributed by atoms with Crippen LogP contribution in [0.2, 0.25) is 0 Å². The monoisotopic (exact) mass is 338 g/mol. The third-order valence-corrected chi connectivity index (χ3v) is 5.00. The van der Waals surface area contributed by atoms with Gasteiger partial charge in [0.05, 0.1) is 0 Å². The molecule has 2 rings (SSSR count). The number of nitrogens with two attached hydrogens (primary N) is 1. The minimum Gasteiger partial charge on any atom is -0.324 e. The molecule has 0 aliphatic heterocycles. The lowest BCUT2D eigenvalue weighted by molar-refractivity contribution is 0.567. The Morgan fingerprint density at radius 2 is 2.00 bits per heavy atom. The fourth-order valence-corrected chi connectivity index (χ4v) is 3.43. The maximum absolute atomic E-state index is 6.16. The standard InChI is InChI=1S/C15H19BrN2S/c16-13-8-10-19-15(13)11-18-9-4-7-14(17)12-5-2-1-3-6-12/h1-3,5-6,8,10,14,18H,4,7,9,11,17H2. The molecule has 0 fully saturated rings. The van der Waals surface area contributed by atoms with Crippen LogP contribution < -0.4 is 11.1 Å². The molecule has 1 aromatic heterocycles. The molecule has 2 nitrogen and oxygen atoms in total. The van der Waals surface area contributed by atoms with E-state index in [0.29, 0.717) is 0 Å². The number of hydrogen-bond acceptors (Lipinski definition) is 3. The van der Waals surface area contributed by atoms with Crippen LogP contribution in [0.3, 0.4) is 0 Å². The summed E-state index contributed by atoms with van der Waals surface area (Å²) in [5, 5.41) is 5.56. The molecule has 4 heteroatoms. The first-order valence-electron chi connectivity index (χ1n) is 6.50. The lowest BCUT2D eigenvalue weighted by Crippen LogP contribution is -2.17. The molecule has 0 saturated carbocycles. The Morgan fingerprint density at radius 1 is 1.21 bits per heavy atom. The third kappa shape index (κ3) is 4.73. The molecule has 1 unspecified atom stereocenters. The fourth-order valence-electron chi connectivity index (χ4n) is 1.97. The van der Waals surface area contributed by atoms with Crippen molar-refractivity contribution in [3.05, 3.63) is 56.7 Å². The maximum Gasteiger partial charge on any atom is 0.0327 e. The second-order valence-corrected chi connectivity index (χ2v) is 6.38. The van der Waals surface area contributed by atoms with Crippen LogP contribution in [-0.4, -0.2) is 6.54 Å². The number of hydrogen-bond donors (Lipinski definition) is 2. The van der Waals surface area contributed by atoms with E-state index >= 15 is 0 Å². The lowest BCUT2D eigenvalue weighted by atomic mass is 10.0. The van der Waals surface area contributed by atoms with E-state index in [-0.39, 0.29) is 6.04 Å². The molecule has 0 radical (unpaired) electrons. The highest BCUT2D eigenvalue weighted by Crippen LogP contribution is 2.22. The predicted molar refractivity (Wildman–Crippen MR) is 86.3 cm³/mol. The van der Waals surface area contributed by atoms with Crippen molar-refractivity contribution >= 4 is 27.3 Å². The number of nitrogens with one attached hydrogen (secondary N) is 1. The van der Waals surface area contributed by atoms with Gasteiger partial charge in [0, 0.05) is 21.9 Å². The molecule has 19 heavy (non-hydrogen) atoms. The summed E-state index contributed by atoms with van der Waals surface area (Å²) in [5.74, 6) is 0. The minimum atomic E-state index is 0.150. The molecule has 1 atom stereocenters. The van der Waals surface area contributed by atoms with E-state index < -0.39 is 0 Å². The van der Waals surface area contributed by atoms with E-state index in [9.17, 15) is 0 Å². The molecule has 2 aromatic rings. The second kappa shape index (κ2) is 7.80. The van der Waals surface area contributed by atoms with Gasteiger partial charge in [0.1, 0.15) is 0 Å². The zero-order chi connectivity index (χ0) is 13.5. The Kier molecular flexibility index (Phi) is 6.04. The van der Waals surface area contributed by atoms with E-state index in [1.54, 1.807) is 11.3 Å². The van der Waals surface area contributed by atoms with Crippen molar-refractivity contribution in [3.8, 4) is 0 Å². The van der Waals surface area contributed by atoms with Gasteiger partial charge in [-0.1, -0.05) is 30.3 Å². The molecule has 1 heterocycles. The largest absolute Gasteiger partial charge is 0.324 e. The second-order valence-electron chi connectivity index (χ2n) is 4.53. The summed E-state index contributed by atoms with van der Waals surface area (Å²) in [6.45, 7) is 1.93. The molecular formula is C15H19BrN2S.